The van der Waals surface area contributed by atoms with Crippen molar-refractivity contribution in [2.24, 2.45) is 7.05 Å². The highest BCUT2D eigenvalue weighted by Crippen LogP contribution is 2.39. The first-order valence-corrected chi connectivity index (χ1v) is 11.1. The van der Waals surface area contributed by atoms with Gasteiger partial charge in [0.25, 0.3) is 0 Å². The fraction of sp³-hybridized carbons (Fsp3) is 0.0769. The van der Waals surface area contributed by atoms with Crippen LogP contribution in [0.5, 0.6) is 0 Å². The monoisotopic (exact) mass is 420 g/mol. The van der Waals surface area contributed by atoms with Crippen LogP contribution in [0.15, 0.2) is 84.9 Å². The lowest BCUT2D eigenvalue weighted by atomic mass is 10.1. The second kappa shape index (κ2) is 6.93. The summed E-state index contributed by atoms with van der Waals surface area (Å²) in [5, 5.41) is 5.99. The Kier molecular flexibility index (Phi) is 4.04. The van der Waals surface area contributed by atoms with E-state index < -0.39 is 0 Å². The first-order valence-electron chi connectivity index (χ1n) is 10.3. The van der Waals surface area contributed by atoms with Crippen molar-refractivity contribution in [3.8, 4) is 33.2 Å². The fourth-order valence-corrected chi connectivity index (χ4v) is 5.10. The van der Waals surface area contributed by atoms with Crippen molar-refractivity contribution in [1.29, 1.82) is 0 Å². The van der Waals surface area contributed by atoms with E-state index >= 15 is 0 Å². The Balaban J connectivity index is 1.66. The van der Waals surface area contributed by atoms with Crippen LogP contribution in [0.1, 0.15) is 5.56 Å². The largest absolute Gasteiger partial charge is 0.327 e. The van der Waals surface area contributed by atoms with Crippen LogP contribution in [-0.4, -0.2) is 19.2 Å². The Morgan fingerprint density at radius 2 is 1.52 bits per heavy atom. The molecule has 0 atom stereocenters. The van der Waals surface area contributed by atoms with E-state index in [9.17, 15) is 0 Å². The van der Waals surface area contributed by atoms with Crippen LogP contribution in [0.4, 0.5) is 0 Å². The molecule has 0 spiro atoms. The van der Waals surface area contributed by atoms with E-state index in [-0.39, 0.29) is 0 Å². The zero-order chi connectivity index (χ0) is 20.9. The second-order valence-corrected chi connectivity index (χ2v) is 8.81. The number of fused-ring (bicyclic) bond motifs is 2. The van der Waals surface area contributed by atoms with Gasteiger partial charge in [0.1, 0.15) is 16.3 Å². The molecule has 0 amide bonds. The van der Waals surface area contributed by atoms with E-state index in [4.69, 9.17) is 10.1 Å². The lowest BCUT2D eigenvalue weighted by Gasteiger charge is -2.07. The maximum absolute atomic E-state index is 5.02. The van der Waals surface area contributed by atoms with E-state index in [1.54, 1.807) is 11.3 Å². The van der Waals surface area contributed by atoms with E-state index in [2.05, 4.69) is 83.7 Å². The molecule has 4 nitrogen and oxygen atoms in total. The van der Waals surface area contributed by atoms with Gasteiger partial charge in [-0.25, -0.2) is 9.50 Å². The van der Waals surface area contributed by atoms with Crippen LogP contribution in [0.2, 0.25) is 0 Å². The van der Waals surface area contributed by atoms with Crippen LogP contribution < -0.4 is 0 Å². The smallest absolute Gasteiger partial charge is 0.145 e. The normalized spacial score (nSPS) is 11.5. The van der Waals surface area contributed by atoms with Gasteiger partial charge in [-0.2, -0.15) is 5.10 Å². The zero-order valence-corrected chi connectivity index (χ0v) is 18.1. The summed E-state index contributed by atoms with van der Waals surface area (Å²) in [5.74, 6) is 0. The number of thiazole rings is 1. The number of benzene rings is 3. The average Bonchev–Trinajstić information content (AvgIpc) is 3.48. The molecule has 3 heterocycles. The molecule has 0 aliphatic rings. The van der Waals surface area contributed by atoms with Crippen molar-refractivity contribution >= 4 is 27.2 Å². The molecule has 3 aromatic heterocycles. The molecule has 0 N–H and O–H groups in total. The number of aryl methyl sites for hydroxylation is 2. The van der Waals surface area contributed by atoms with Gasteiger partial charge in [0, 0.05) is 24.2 Å². The highest BCUT2D eigenvalue weighted by Gasteiger charge is 2.23. The van der Waals surface area contributed by atoms with Gasteiger partial charge in [-0.15, -0.1) is 11.3 Å². The standard InChI is InChI=1S/C26H20N4S/c1-17-12-14-19(15-13-17)24-25(26-27-20-10-6-7-11-22(20)31-26)30-23(29(24)2)16-21(28-30)18-8-4-3-5-9-18/h3-16H,1-2H3. The fourth-order valence-electron chi connectivity index (χ4n) is 4.11. The molecule has 0 fully saturated rings. The van der Waals surface area contributed by atoms with Crippen molar-refractivity contribution in [1.82, 2.24) is 19.2 Å². The topological polar surface area (TPSA) is 35.1 Å². The Morgan fingerprint density at radius 1 is 0.774 bits per heavy atom. The average molecular weight is 421 g/mol. The third-order valence-electron chi connectivity index (χ3n) is 5.70. The summed E-state index contributed by atoms with van der Waals surface area (Å²) in [6.45, 7) is 2.11. The number of imidazole rings is 1. The van der Waals surface area contributed by atoms with Crippen LogP contribution >= 0.6 is 11.3 Å². The first kappa shape index (κ1) is 18.1. The van der Waals surface area contributed by atoms with E-state index in [0.717, 1.165) is 44.4 Å². The molecule has 150 valence electrons. The predicted molar refractivity (Wildman–Crippen MR) is 128 cm³/mol. The van der Waals surface area contributed by atoms with Crippen molar-refractivity contribution in [2.75, 3.05) is 0 Å². The Hall–Kier alpha value is -3.70. The number of hydrogen-bond donors (Lipinski definition) is 0. The molecule has 31 heavy (non-hydrogen) atoms. The molecular weight excluding hydrogens is 400 g/mol. The first-order chi connectivity index (χ1) is 15.2. The summed E-state index contributed by atoms with van der Waals surface area (Å²) in [7, 11) is 2.11. The molecule has 0 bridgehead atoms. The van der Waals surface area contributed by atoms with Gasteiger partial charge in [0.05, 0.1) is 21.6 Å². The minimum absolute atomic E-state index is 0.962. The van der Waals surface area contributed by atoms with Gasteiger partial charge >= 0.3 is 0 Å². The predicted octanol–water partition coefficient (Wildman–Crippen LogP) is 6.59. The molecular formula is C26H20N4S. The summed E-state index contributed by atoms with van der Waals surface area (Å²) in [4.78, 5) is 4.98. The Labute approximate surface area is 184 Å². The van der Waals surface area contributed by atoms with Crippen LogP contribution in [0.25, 0.3) is 49.1 Å². The van der Waals surface area contributed by atoms with Gasteiger partial charge < -0.3 is 4.57 Å². The summed E-state index contributed by atoms with van der Waals surface area (Å²) in [5.41, 5.74) is 8.70. The summed E-state index contributed by atoms with van der Waals surface area (Å²) < 4.78 is 5.46. The molecule has 0 unspecified atom stereocenters. The van der Waals surface area contributed by atoms with Crippen molar-refractivity contribution in [3.05, 3.63) is 90.5 Å². The van der Waals surface area contributed by atoms with Crippen LogP contribution in [0.3, 0.4) is 0 Å². The summed E-state index contributed by atoms with van der Waals surface area (Å²) >= 11 is 1.71. The van der Waals surface area contributed by atoms with E-state index in [1.807, 2.05) is 24.3 Å². The highest BCUT2D eigenvalue weighted by molar-refractivity contribution is 7.21. The SMILES string of the molecule is Cc1ccc(-c2c(-c3nc4ccccc4s3)n3nc(-c4ccccc4)cc3n2C)cc1. The number of rotatable bonds is 3. The maximum Gasteiger partial charge on any atom is 0.145 e. The molecule has 0 saturated carbocycles. The third-order valence-corrected chi connectivity index (χ3v) is 6.74. The van der Waals surface area contributed by atoms with Crippen LogP contribution in [-0.2, 0) is 7.05 Å². The number of nitrogens with zero attached hydrogens (tertiary/aromatic N) is 4. The van der Waals surface area contributed by atoms with Gasteiger partial charge in [-0.1, -0.05) is 72.3 Å². The van der Waals surface area contributed by atoms with Gasteiger partial charge in [-0.3, -0.25) is 0 Å². The molecule has 0 aliphatic carbocycles. The van der Waals surface area contributed by atoms with E-state index in [0.29, 0.717) is 0 Å². The minimum atomic E-state index is 0.962. The maximum atomic E-state index is 5.02. The molecule has 0 aliphatic heterocycles. The molecule has 0 saturated heterocycles. The number of hydrogen-bond acceptors (Lipinski definition) is 3. The molecule has 6 aromatic rings. The number of aromatic nitrogens is 4. The summed E-state index contributed by atoms with van der Waals surface area (Å²) in [6.07, 6.45) is 0. The van der Waals surface area contributed by atoms with Crippen LogP contribution in [0, 0.1) is 6.92 Å². The number of para-hydroxylation sites is 1. The van der Waals surface area contributed by atoms with Gasteiger partial charge in [0.2, 0.25) is 0 Å². The Bertz CT molecular complexity index is 1500. The lowest BCUT2D eigenvalue weighted by molar-refractivity contribution is 0.934. The van der Waals surface area contributed by atoms with Gasteiger partial charge in [0.15, 0.2) is 0 Å². The Morgan fingerprint density at radius 3 is 2.29 bits per heavy atom. The minimum Gasteiger partial charge on any atom is -0.327 e. The molecule has 0 radical (unpaired) electrons. The lowest BCUT2D eigenvalue weighted by Crippen LogP contribution is -1.94. The summed E-state index contributed by atoms with van der Waals surface area (Å²) in [6, 6.07) is 29.4. The zero-order valence-electron chi connectivity index (χ0n) is 17.3. The third kappa shape index (κ3) is 2.89. The van der Waals surface area contributed by atoms with Crippen molar-refractivity contribution in [2.45, 2.75) is 6.92 Å². The van der Waals surface area contributed by atoms with E-state index in [1.165, 1.54) is 10.3 Å². The van der Waals surface area contributed by atoms with Crippen molar-refractivity contribution in [3.63, 3.8) is 0 Å². The molecule has 6 rings (SSSR count). The van der Waals surface area contributed by atoms with Crippen molar-refractivity contribution < 1.29 is 0 Å². The quantitative estimate of drug-likeness (QED) is 0.324. The second-order valence-electron chi connectivity index (χ2n) is 7.77. The molecule has 5 heteroatoms. The molecule has 3 aromatic carbocycles. The highest BCUT2D eigenvalue weighted by atomic mass is 32.1. The van der Waals surface area contributed by atoms with Gasteiger partial charge in [-0.05, 0) is 19.1 Å².